The van der Waals surface area contributed by atoms with Gasteiger partial charge in [-0.3, -0.25) is 14.3 Å². The quantitative estimate of drug-likeness (QED) is 0.609. The van der Waals surface area contributed by atoms with Crippen molar-refractivity contribution in [1.82, 2.24) is 19.6 Å². The van der Waals surface area contributed by atoms with E-state index in [1.54, 1.807) is 18.2 Å². The highest BCUT2D eigenvalue weighted by Crippen LogP contribution is 2.31. The molecule has 2 fully saturated rings. The van der Waals surface area contributed by atoms with Crippen LogP contribution in [-0.2, 0) is 22.6 Å². The molecule has 0 radical (unpaired) electrons. The van der Waals surface area contributed by atoms with Crippen molar-refractivity contribution in [1.29, 1.82) is 0 Å². The molecule has 2 amide bonds. The molecule has 0 aliphatic carbocycles. The maximum absolute atomic E-state index is 13.9. The van der Waals surface area contributed by atoms with Crippen LogP contribution in [0.4, 0.5) is 4.39 Å². The first-order valence-corrected chi connectivity index (χ1v) is 12.7. The van der Waals surface area contributed by atoms with E-state index in [0.717, 1.165) is 63.0 Å². The summed E-state index contributed by atoms with van der Waals surface area (Å²) in [5.41, 5.74) is 2.61. The van der Waals surface area contributed by atoms with Gasteiger partial charge in [-0.2, -0.15) is 5.10 Å². The van der Waals surface area contributed by atoms with E-state index in [0.29, 0.717) is 31.0 Å². The Morgan fingerprint density at radius 3 is 2.50 bits per heavy atom. The molecule has 34 heavy (non-hydrogen) atoms. The fourth-order valence-electron chi connectivity index (χ4n) is 5.63. The molecule has 6 nitrogen and oxygen atoms in total. The zero-order valence-electron chi connectivity index (χ0n) is 20.5. The summed E-state index contributed by atoms with van der Waals surface area (Å²) in [4.78, 5) is 29.9. The Morgan fingerprint density at radius 1 is 1.03 bits per heavy atom. The second kappa shape index (κ2) is 11.2. The third-order valence-electron chi connectivity index (χ3n) is 7.47. The minimum Gasteiger partial charge on any atom is -0.342 e. The summed E-state index contributed by atoms with van der Waals surface area (Å²) in [6.07, 6.45) is 6.55. The van der Waals surface area contributed by atoms with Crippen LogP contribution in [0.15, 0.2) is 30.3 Å². The Kier molecular flexibility index (Phi) is 8.01. The summed E-state index contributed by atoms with van der Waals surface area (Å²) in [6, 6.07) is 8.84. The number of halogens is 1. The Hall–Kier alpha value is -2.70. The lowest BCUT2D eigenvalue weighted by atomic mass is 9.83. The number of carbonyl (C=O) groups is 2. The van der Waals surface area contributed by atoms with Crippen molar-refractivity contribution in [3.8, 4) is 0 Å². The van der Waals surface area contributed by atoms with Crippen molar-refractivity contribution in [2.24, 2.45) is 5.92 Å². The summed E-state index contributed by atoms with van der Waals surface area (Å²) >= 11 is 0. The molecule has 1 aromatic heterocycles. The number of carbonyl (C=O) groups excluding carboxylic acids is 2. The number of aromatic nitrogens is 2. The third kappa shape index (κ3) is 5.86. The maximum atomic E-state index is 13.9. The highest BCUT2D eigenvalue weighted by molar-refractivity contribution is 5.79. The van der Waals surface area contributed by atoms with E-state index in [1.807, 2.05) is 16.5 Å². The molecule has 2 aromatic rings. The number of nitrogens with zero attached hydrogens (tertiary/aromatic N) is 4. The molecule has 0 spiro atoms. The Bertz CT molecular complexity index is 996. The minimum atomic E-state index is -0.319. The zero-order chi connectivity index (χ0) is 24.1. The average Bonchev–Trinajstić information content (AvgIpc) is 3.17. The molecular formula is C27H37FN4O2. The predicted molar refractivity (Wildman–Crippen MR) is 130 cm³/mol. The van der Waals surface area contributed by atoms with Gasteiger partial charge in [0.25, 0.3) is 0 Å². The molecule has 0 bridgehead atoms. The molecule has 2 aliphatic heterocycles. The highest BCUT2D eigenvalue weighted by Gasteiger charge is 2.35. The van der Waals surface area contributed by atoms with Crippen molar-refractivity contribution in [3.63, 3.8) is 0 Å². The van der Waals surface area contributed by atoms with E-state index in [2.05, 4.69) is 23.0 Å². The molecule has 1 atom stereocenters. The van der Waals surface area contributed by atoms with Gasteiger partial charge in [-0.05, 0) is 76.0 Å². The van der Waals surface area contributed by atoms with Crippen LogP contribution in [-0.4, -0.2) is 57.1 Å². The van der Waals surface area contributed by atoms with Gasteiger partial charge in [0.05, 0.1) is 12.1 Å². The van der Waals surface area contributed by atoms with Crippen LogP contribution in [0.2, 0.25) is 0 Å². The van der Waals surface area contributed by atoms with Gasteiger partial charge in [0, 0.05) is 44.3 Å². The highest BCUT2D eigenvalue weighted by atomic mass is 19.1. The van der Waals surface area contributed by atoms with Crippen LogP contribution in [0.5, 0.6) is 0 Å². The van der Waals surface area contributed by atoms with Gasteiger partial charge in [0.2, 0.25) is 11.8 Å². The van der Waals surface area contributed by atoms with Crippen LogP contribution in [0, 0.1) is 25.6 Å². The first kappa shape index (κ1) is 24.4. The molecule has 184 valence electrons. The Morgan fingerprint density at radius 2 is 1.79 bits per heavy atom. The number of piperidine rings is 2. The number of benzene rings is 1. The van der Waals surface area contributed by atoms with Crippen molar-refractivity contribution in [2.75, 3.05) is 19.6 Å². The number of rotatable bonds is 7. The van der Waals surface area contributed by atoms with Crippen molar-refractivity contribution in [3.05, 3.63) is 53.1 Å². The number of hydrogen-bond donors (Lipinski definition) is 0. The summed E-state index contributed by atoms with van der Waals surface area (Å²) in [5, 5.41) is 4.50. The second-order valence-electron chi connectivity index (χ2n) is 9.89. The van der Waals surface area contributed by atoms with Gasteiger partial charge in [-0.15, -0.1) is 0 Å². The molecule has 1 aromatic carbocycles. The third-order valence-corrected chi connectivity index (χ3v) is 7.47. The van der Waals surface area contributed by atoms with Crippen molar-refractivity contribution < 1.29 is 14.0 Å². The number of amides is 2. The topological polar surface area (TPSA) is 58.4 Å². The molecule has 0 N–H and O–H groups in total. The lowest BCUT2D eigenvalue weighted by molar-refractivity contribution is -0.139. The first-order chi connectivity index (χ1) is 16.4. The zero-order valence-corrected chi connectivity index (χ0v) is 20.5. The van der Waals surface area contributed by atoms with E-state index >= 15 is 0 Å². The summed E-state index contributed by atoms with van der Waals surface area (Å²) < 4.78 is 15.9. The van der Waals surface area contributed by atoms with E-state index in [1.165, 1.54) is 6.07 Å². The molecule has 0 saturated carbocycles. The Balaban J connectivity index is 1.28. The van der Waals surface area contributed by atoms with Crippen molar-refractivity contribution >= 4 is 11.8 Å². The summed E-state index contributed by atoms with van der Waals surface area (Å²) in [5.74, 6) is 0.353. The average molecular weight is 469 g/mol. The molecule has 4 rings (SSSR count). The van der Waals surface area contributed by atoms with Crippen LogP contribution >= 0.6 is 0 Å². The fourth-order valence-corrected chi connectivity index (χ4v) is 5.63. The van der Waals surface area contributed by atoms with Gasteiger partial charge in [-0.25, -0.2) is 4.39 Å². The molecule has 3 heterocycles. The van der Waals surface area contributed by atoms with E-state index < -0.39 is 0 Å². The summed E-state index contributed by atoms with van der Waals surface area (Å²) in [6.45, 7) is 7.03. The van der Waals surface area contributed by atoms with Crippen LogP contribution in [0.3, 0.4) is 0 Å². The smallest absolute Gasteiger partial charge is 0.227 e. The summed E-state index contributed by atoms with van der Waals surface area (Å²) in [7, 11) is 0. The normalized spacial score (nSPS) is 19.4. The standard InChI is InChI=1S/C27H37FN4O2/c1-20-18-21(2)32(29-20)15-7-11-26(33)31-14-6-5-10-25(31)22-12-16-30(17-13-22)27(34)19-23-8-3-4-9-24(23)28/h3-4,8-9,18,22,25H,5-7,10-17,19H2,1-2H3/t25-/m1/s1. The molecule has 2 aliphatic rings. The van der Waals surface area contributed by atoms with Gasteiger partial charge in [0.1, 0.15) is 5.82 Å². The van der Waals surface area contributed by atoms with Crippen LogP contribution in [0.1, 0.15) is 61.9 Å². The molecule has 2 saturated heterocycles. The predicted octanol–water partition coefficient (Wildman–Crippen LogP) is 4.28. The van der Waals surface area contributed by atoms with E-state index in [9.17, 15) is 14.0 Å². The SMILES string of the molecule is Cc1cc(C)n(CCCC(=O)N2CCCC[C@@H]2C2CCN(C(=O)Cc3ccccc3F)CC2)n1. The monoisotopic (exact) mass is 468 g/mol. The van der Waals surface area contributed by atoms with Crippen molar-refractivity contribution in [2.45, 2.75) is 77.8 Å². The lowest BCUT2D eigenvalue weighted by Gasteiger charge is -2.44. The van der Waals surface area contributed by atoms with Gasteiger partial charge in [-0.1, -0.05) is 18.2 Å². The molecule has 7 heteroatoms. The number of aryl methyl sites for hydroxylation is 3. The lowest BCUT2D eigenvalue weighted by Crippen LogP contribution is -2.51. The molecular weight excluding hydrogens is 431 g/mol. The van der Waals surface area contributed by atoms with E-state index in [4.69, 9.17) is 0 Å². The molecule has 0 unspecified atom stereocenters. The number of likely N-dealkylation sites (tertiary alicyclic amines) is 2. The number of hydrogen-bond acceptors (Lipinski definition) is 3. The van der Waals surface area contributed by atoms with Gasteiger partial charge in [0.15, 0.2) is 0 Å². The second-order valence-corrected chi connectivity index (χ2v) is 9.89. The van der Waals surface area contributed by atoms with Gasteiger partial charge >= 0.3 is 0 Å². The largest absolute Gasteiger partial charge is 0.342 e. The van der Waals surface area contributed by atoms with Crippen LogP contribution < -0.4 is 0 Å². The van der Waals surface area contributed by atoms with Gasteiger partial charge < -0.3 is 9.80 Å². The van der Waals surface area contributed by atoms with E-state index in [-0.39, 0.29) is 30.1 Å². The fraction of sp³-hybridized carbons (Fsp3) is 0.593. The first-order valence-electron chi connectivity index (χ1n) is 12.7. The Labute approximate surface area is 202 Å². The maximum Gasteiger partial charge on any atom is 0.227 e. The minimum absolute atomic E-state index is 0.00993. The van der Waals surface area contributed by atoms with Crippen LogP contribution in [0.25, 0.3) is 0 Å².